The third kappa shape index (κ3) is 6.40. The van der Waals surface area contributed by atoms with E-state index in [4.69, 9.17) is 46.4 Å². The Bertz CT molecular complexity index is 1020. The van der Waals surface area contributed by atoms with E-state index in [9.17, 15) is 4.57 Å². The van der Waals surface area contributed by atoms with E-state index in [2.05, 4.69) is 5.09 Å². The maximum Gasteiger partial charge on any atom is 0.216 e. The highest BCUT2D eigenvalue weighted by atomic mass is 35.5. The summed E-state index contributed by atoms with van der Waals surface area (Å²) in [5, 5.41) is 4.51. The molecule has 0 aliphatic rings. The van der Waals surface area contributed by atoms with Crippen molar-refractivity contribution in [2.75, 3.05) is 5.09 Å². The standard InChI is InChI=1S/C22H16Cl4NOP/c23-18-11-19(24)13-20(12-18)27-29(28,14-21(25)16-7-3-1-4-8-16)15-22(26)17-9-5-2-6-10-17/h1-15H,(H,27,28). The lowest BCUT2D eigenvalue weighted by Crippen LogP contribution is -1.94. The van der Waals surface area contributed by atoms with E-state index >= 15 is 0 Å². The second-order valence-electron chi connectivity index (χ2n) is 6.17. The molecule has 0 atom stereocenters. The first-order valence-corrected chi connectivity index (χ1v) is 11.9. The van der Waals surface area contributed by atoms with Crippen LogP contribution in [0.2, 0.25) is 10.0 Å². The predicted molar refractivity (Wildman–Crippen MR) is 128 cm³/mol. The van der Waals surface area contributed by atoms with E-state index in [-0.39, 0.29) is 0 Å². The molecule has 0 radical (unpaired) electrons. The van der Waals surface area contributed by atoms with Crippen molar-refractivity contribution in [3.05, 3.63) is 112 Å². The highest BCUT2D eigenvalue weighted by molar-refractivity contribution is 7.72. The summed E-state index contributed by atoms with van der Waals surface area (Å²) in [6.45, 7) is 0. The zero-order chi connectivity index (χ0) is 20.9. The Morgan fingerprint density at radius 1 is 0.724 bits per heavy atom. The SMILES string of the molecule is O=P(C=C(Cl)c1ccccc1)(C=C(Cl)c1ccccc1)Nc1cc(Cl)cc(Cl)c1. The molecule has 148 valence electrons. The maximum absolute atomic E-state index is 13.9. The topological polar surface area (TPSA) is 29.1 Å². The smallest absolute Gasteiger partial charge is 0.216 e. The minimum absolute atomic E-state index is 0.336. The van der Waals surface area contributed by atoms with Crippen molar-refractivity contribution in [1.82, 2.24) is 0 Å². The van der Waals surface area contributed by atoms with Gasteiger partial charge in [-0.05, 0) is 29.3 Å². The average Bonchev–Trinajstić information content (AvgIpc) is 2.68. The number of rotatable bonds is 6. The Morgan fingerprint density at radius 3 is 1.55 bits per heavy atom. The molecule has 0 unspecified atom stereocenters. The molecule has 0 amide bonds. The van der Waals surface area contributed by atoms with Gasteiger partial charge in [0.2, 0.25) is 7.29 Å². The number of benzene rings is 3. The molecule has 29 heavy (non-hydrogen) atoms. The summed E-state index contributed by atoms with van der Waals surface area (Å²) in [6.07, 6.45) is 0. The van der Waals surface area contributed by atoms with Crippen molar-refractivity contribution in [2.45, 2.75) is 0 Å². The monoisotopic (exact) mass is 481 g/mol. The summed E-state index contributed by atoms with van der Waals surface area (Å²) >= 11 is 25.1. The summed E-state index contributed by atoms with van der Waals surface area (Å²) in [4.78, 5) is 0. The summed E-state index contributed by atoms with van der Waals surface area (Å²) in [5.74, 6) is 2.95. The Labute approximate surface area is 190 Å². The lowest BCUT2D eigenvalue weighted by Gasteiger charge is -2.16. The number of hydrogen-bond donors (Lipinski definition) is 1. The number of hydrogen-bond acceptors (Lipinski definition) is 1. The van der Waals surface area contributed by atoms with Crippen LogP contribution in [0.3, 0.4) is 0 Å². The van der Waals surface area contributed by atoms with Gasteiger partial charge in [-0.3, -0.25) is 4.57 Å². The van der Waals surface area contributed by atoms with Crippen LogP contribution in [-0.4, -0.2) is 0 Å². The molecule has 3 aromatic rings. The average molecular weight is 483 g/mol. The predicted octanol–water partition coefficient (Wildman–Crippen LogP) is 9.16. The van der Waals surface area contributed by atoms with Gasteiger partial charge in [0.15, 0.2) is 0 Å². The Balaban J connectivity index is 2.06. The third-order valence-electron chi connectivity index (χ3n) is 3.88. The van der Waals surface area contributed by atoms with Gasteiger partial charge in [-0.15, -0.1) is 0 Å². The van der Waals surface area contributed by atoms with Crippen molar-refractivity contribution in [2.24, 2.45) is 0 Å². The highest BCUT2D eigenvalue weighted by Gasteiger charge is 2.20. The zero-order valence-corrected chi connectivity index (χ0v) is 18.9. The van der Waals surface area contributed by atoms with Crippen LogP contribution in [0, 0.1) is 0 Å². The zero-order valence-electron chi connectivity index (χ0n) is 15.0. The summed E-state index contributed by atoms with van der Waals surface area (Å²) < 4.78 is 13.9. The van der Waals surface area contributed by atoms with Crippen LogP contribution in [0.1, 0.15) is 11.1 Å². The van der Waals surface area contributed by atoms with Crippen LogP contribution in [0.5, 0.6) is 0 Å². The molecule has 0 aromatic heterocycles. The third-order valence-corrected chi connectivity index (χ3v) is 7.16. The molecule has 0 saturated heterocycles. The van der Waals surface area contributed by atoms with Gasteiger partial charge in [0.05, 0.1) is 10.1 Å². The normalized spacial score (nSPS) is 14.3. The first-order chi connectivity index (χ1) is 13.8. The van der Waals surface area contributed by atoms with E-state index in [0.29, 0.717) is 25.8 Å². The van der Waals surface area contributed by atoms with Crippen LogP contribution in [0.15, 0.2) is 90.5 Å². The number of nitrogens with one attached hydrogen (secondary N) is 1. The van der Waals surface area contributed by atoms with Crippen LogP contribution < -0.4 is 5.09 Å². The molecule has 0 aliphatic heterocycles. The minimum atomic E-state index is -3.38. The summed E-state index contributed by atoms with van der Waals surface area (Å²) in [6, 6.07) is 23.4. The molecular formula is C22H16Cl4NOP. The van der Waals surface area contributed by atoms with Crippen molar-refractivity contribution in [3.8, 4) is 0 Å². The van der Waals surface area contributed by atoms with Gasteiger partial charge in [-0.1, -0.05) is 107 Å². The molecule has 1 N–H and O–H groups in total. The lowest BCUT2D eigenvalue weighted by atomic mass is 10.2. The molecule has 0 aliphatic carbocycles. The van der Waals surface area contributed by atoms with Crippen molar-refractivity contribution < 1.29 is 4.57 Å². The quantitative estimate of drug-likeness (QED) is 0.355. The molecule has 0 spiro atoms. The molecule has 3 rings (SSSR count). The van der Waals surface area contributed by atoms with Crippen LogP contribution in [0.25, 0.3) is 10.1 Å². The molecule has 0 bridgehead atoms. The van der Waals surface area contributed by atoms with Gasteiger partial charge < -0.3 is 5.09 Å². The fourth-order valence-corrected chi connectivity index (χ4v) is 5.96. The van der Waals surface area contributed by atoms with E-state index < -0.39 is 7.29 Å². The molecule has 3 aromatic carbocycles. The molecule has 0 heterocycles. The van der Waals surface area contributed by atoms with Gasteiger partial charge in [-0.25, -0.2) is 0 Å². The van der Waals surface area contributed by atoms with Gasteiger partial charge in [-0.2, -0.15) is 0 Å². The van der Waals surface area contributed by atoms with E-state index in [1.807, 2.05) is 60.7 Å². The summed E-state index contributed by atoms with van der Waals surface area (Å²) in [5.41, 5.74) is 1.97. The second-order valence-corrected chi connectivity index (χ2v) is 10.0. The van der Waals surface area contributed by atoms with E-state index in [1.165, 1.54) is 11.6 Å². The lowest BCUT2D eigenvalue weighted by molar-refractivity contribution is 0.589. The Morgan fingerprint density at radius 2 is 1.14 bits per heavy atom. The highest BCUT2D eigenvalue weighted by Crippen LogP contribution is 2.54. The largest absolute Gasteiger partial charge is 0.330 e. The van der Waals surface area contributed by atoms with Gasteiger partial charge in [0.1, 0.15) is 0 Å². The van der Waals surface area contributed by atoms with Gasteiger partial charge in [0.25, 0.3) is 0 Å². The van der Waals surface area contributed by atoms with E-state index in [1.54, 1.807) is 18.2 Å². The second kappa shape index (κ2) is 9.89. The molecule has 7 heteroatoms. The van der Waals surface area contributed by atoms with Crippen molar-refractivity contribution in [3.63, 3.8) is 0 Å². The van der Waals surface area contributed by atoms with Crippen molar-refractivity contribution >= 4 is 69.4 Å². The van der Waals surface area contributed by atoms with Crippen LogP contribution in [-0.2, 0) is 4.57 Å². The van der Waals surface area contributed by atoms with Crippen molar-refractivity contribution in [1.29, 1.82) is 0 Å². The minimum Gasteiger partial charge on any atom is -0.330 e. The number of anilines is 1. The maximum atomic E-state index is 13.9. The Kier molecular flexibility index (Phi) is 7.51. The first-order valence-electron chi connectivity index (χ1n) is 8.56. The molecule has 2 nitrogen and oxygen atoms in total. The molecule has 0 fully saturated rings. The van der Waals surface area contributed by atoms with E-state index in [0.717, 1.165) is 11.1 Å². The Hall–Kier alpha value is -1.67. The van der Waals surface area contributed by atoms with Crippen LogP contribution >= 0.6 is 53.7 Å². The molecule has 0 saturated carbocycles. The number of halogens is 4. The fraction of sp³-hybridized carbons (Fsp3) is 0. The summed E-state index contributed by atoms with van der Waals surface area (Å²) in [7, 11) is -3.38. The van der Waals surface area contributed by atoms with Gasteiger partial charge >= 0.3 is 0 Å². The van der Waals surface area contributed by atoms with Gasteiger partial charge in [0, 0.05) is 27.4 Å². The van der Waals surface area contributed by atoms with Crippen LogP contribution in [0.4, 0.5) is 5.69 Å². The first kappa shape index (κ1) is 22.0. The molecular weight excluding hydrogens is 467 g/mol. The fourth-order valence-electron chi connectivity index (χ4n) is 2.60.